The summed E-state index contributed by atoms with van der Waals surface area (Å²) in [5.74, 6) is -1.13. The Kier molecular flexibility index (Phi) is 19.8. The SMILES string of the molecule is CCCCCCCCCCCCCCCCCCN(P=O)C(CO)C(=O)O. The topological polar surface area (TPSA) is 77.8 Å². The summed E-state index contributed by atoms with van der Waals surface area (Å²) in [7, 11) is -0.328. The van der Waals surface area contributed by atoms with Crippen LogP contribution in [0.25, 0.3) is 0 Å². The molecule has 5 nitrogen and oxygen atoms in total. The highest BCUT2D eigenvalue weighted by molar-refractivity contribution is 7.20. The van der Waals surface area contributed by atoms with Gasteiger partial charge in [0.15, 0.2) is 0 Å². The summed E-state index contributed by atoms with van der Waals surface area (Å²) >= 11 is 0. The van der Waals surface area contributed by atoms with Crippen molar-refractivity contribution in [2.45, 2.75) is 116 Å². The smallest absolute Gasteiger partial charge is 0.324 e. The molecule has 6 heteroatoms. The van der Waals surface area contributed by atoms with Crippen LogP contribution < -0.4 is 0 Å². The summed E-state index contributed by atoms with van der Waals surface area (Å²) in [6.45, 7) is 2.20. The van der Waals surface area contributed by atoms with Crippen LogP contribution >= 0.6 is 8.61 Å². The lowest BCUT2D eigenvalue weighted by atomic mass is 10.0. The first-order chi connectivity index (χ1) is 13.2. The van der Waals surface area contributed by atoms with E-state index in [0.29, 0.717) is 6.54 Å². The van der Waals surface area contributed by atoms with Crippen LogP contribution in [0.5, 0.6) is 0 Å². The third-order valence-electron chi connectivity index (χ3n) is 5.16. The van der Waals surface area contributed by atoms with Crippen molar-refractivity contribution in [2.24, 2.45) is 0 Å². The summed E-state index contributed by atoms with van der Waals surface area (Å²) in [4.78, 5) is 11.0. The highest BCUT2D eigenvalue weighted by Gasteiger charge is 2.24. The van der Waals surface area contributed by atoms with Gasteiger partial charge in [-0.15, -0.1) is 0 Å². The average Bonchev–Trinajstić information content (AvgIpc) is 2.66. The number of nitrogens with zero attached hydrogens (tertiary/aromatic N) is 1. The number of carboxylic acid groups (broad SMARTS) is 1. The number of aliphatic hydroxyl groups is 1. The molecular formula is C21H42NO4P. The van der Waals surface area contributed by atoms with Gasteiger partial charge in [0.1, 0.15) is 6.04 Å². The molecular weight excluding hydrogens is 361 g/mol. The van der Waals surface area contributed by atoms with Crippen molar-refractivity contribution in [3.05, 3.63) is 0 Å². The van der Waals surface area contributed by atoms with Gasteiger partial charge in [0.25, 0.3) is 0 Å². The molecule has 0 aliphatic rings. The van der Waals surface area contributed by atoms with E-state index in [1.54, 1.807) is 0 Å². The van der Waals surface area contributed by atoms with Gasteiger partial charge < -0.3 is 10.2 Å². The lowest BCUT2D eigenvalue weighted by Gasteiger charge is -2.19. The van der Waals surface area contributed by atoms with E-state index in [9.17, 15) is 9.36 Å². The summed E-state index contributed by atoms with van der Waals surface area (Å²) < 4.78 is 12.3. The zero-order chi connectivity index (χ0) is 20.2. The first-order valence-electron chi connectivity index (χ1n) is 11.1. The summed E-state index contributed by atoms with van der Waals surface area (Å²) in [5.41, 5.74) is 0. The fraction of sp³-hybridized carbons (Fsp3) is 0.952. The molecule has 0 aliphatic heterocycles. The zero-order valence-electron chi connectivity index (χ0n) is 17.4. The molecule has 0 saturated carbocycles. The highest BCUT2D eigenvalue weighted by atomic mass is 31.1. The van der Waals surface area contributed by atoms with E-state index in [0.717, 1.165) is 19.3 Å². The number of hydrogen-bond acceptors (Lipinski definition) is 3. The van der Waals surface area contributed by atoms with E-state index in [4.69, 9.17) is 10.2 Å². The fourth-order valence-corrected chi connectivity index (χ4v) is 3.88. The molecule has 0 amide bonds. The number of aliphatic hydroxyl groups excluding tert-OH is 1. The molecule has 0 aromatic heterocycles. The molecule has 0 rings (SSSR count). The zero-order valence-corrected chi connectivity index (χ0v) is 18.3. The van der Waals surface area contributed by atoms with Crippen molar-refractivity contribution < 1.29 is 19.6 Å². The number of unbranched alkanes of at least 4 members (excludes halogenated alkanes) is 15. The van der Waals surface area contributed by atoms with Crippen LogP contribution in [0.15, 0.2) is 0 Å². The van der Waals surface area contributed by atoms with Crippen LogP contribution in [0, 0.1) is 0 Å². The minimum Gasteiger partial charge on any atom is -0.480 e. The third kappa shape index (κ3) is 16.2. The molecule has 0 heterocycles. The summed E-state index contributed by atoms with van der Waals surface area (Å²) in [6, 6.07) is -1.07. The van der Waals surface area contributed by atoms with Crippen molar-refractivity contribution >= 4 is 14.6 Å². The molecule has 1 unspecified atom stereocenters. The average molecular weight is 404 g/mol. The molecule has 0 spiro atoms. The Bertz CT molecular complexity index is 355. The number of carbonyl (C=O) groups is 1. The standard InChI is InChI=1S/C21H42NO4P/c1-2-3-4-5-6-7-8-9-10-11-12-13-14-15-16-17-18-22(27-26)20(19-23)21(24)25/h20,23H,2-19H2,1H3,(H,24,25). The molecule has 0 aromatic carbocycles. The Morgan fingerprint density at radius 2 is 1.15 bits per heavy atom. The van der Waals surface area contributed by atoms with E-state index in [1.807, 2.05) is 0 Å². The van der Waals surface area contributed by atoms with E-state index in [1.165, 1.54) is 88.1 Å². The molecule has 0 bridgehead atoms. The van der Waals surface area contributed by atoms with Crippen LogP contribution in [0.3, 0.4) is 0 Å². The second-order valence-electron chi connectivity index (χ2n) is 7.58. The monoisotopic (exact) mass is 403 g/mol. The molecule has 1 atom stereocenters. The maximum Gasteiger partial charge on any atom is 0.324 e. The number of rotatable bonds is 21. The third-order valence-corrected chi connectivity index (χ3v) is 5.85. The van der Waals surface area contributed by atoms with E-state index >= 15 is 0 Å². The van der Waals surface area contributed by atoms with Crippen molar-refractivity contribution in [3.63, 3.8) is 0 Å². The molecule has 0 fully saturated rings. The van der Waals surface area contributed by atoms with Crippen molar-refractivity contribution in [1.29, 1.82) is 0 Å². The molecule has 27 heavy (non-hydrogen) atoms. The largest absolute Gasteiger partial charge is 0.480 e. The van der Waals surface area contributed by atoms with Gasteiger partial charge in [0.2, 0.25) is 8.61 Å². The van der Waals surface area contributed by atoms with Gasteiger partial charge in [-0.05, 0) is 6.42 Å². The summed E-state index contributed by atoms with van der Waals surface area (Å²) in [5, 5.41) is 18.0. The lowest BCUT2D eigenvalue weighted by Crippen LogP contribution is -2.38. The van der Waals surface area contributed by atoms with Gasteiger partial charge in [-0.25, -0.2) is 4.67 Å². The molecule has 0 saturated heterocycles. The Hall–Kier alpha value is -0.510. The molecule has 0 aliphatic carbocycles. The highest BCUT2D eigenvalue weighted by Crippen LogP contribution is 2.16. The van der Waals surface area contributed by atoms with Gasteiger partial charge >= 0.3 is 5.97 Å². The van der Waals surface area contributed by atoms with Gasteiger partial charge in [-0.1, -0.05) is 103 Å². The Morgan fingerprint density at radius 1 is 0.778 bits per heavy atom. The predicted octanol–water partition coefficient (Wildman–Crippen LogP) is 6.20. The quantitative estimate of drug-likeness (QED) is 0.176. The number of aliphatic carboxylic acids is 1. The van der Waals surface area contributed by atoms with E-state index in [-0.39, 0.29) is 8.61 Å². The first kappa shape index (κ1) is 26.5. The van der Waals surface area contributed by atoms with Crippen LogP contribution in [-0.2, 0) is 9.36 Å². The first-order valence-corrected chi connectivity index (χ1v) is 11.9. The van der Waals surface area contributed by atoms with Gasteiger partial charge in [-0.3, -0.25) is 9.36 Å². The van der Waals surface area contributed by atoms with Gasteiger partial charge in [-0.2, -0.15) is 0 Å². The van der Waals surface area contributed by atoms with Crippen molar-refractivity contribution in [1.82, 2.24) is 4.67 Å². The van der Waals surface area contributed by atoms with Gasteiger partial charge in [0.05, 0.1) is 6.61 Å². The van der Waals surface area contributed by atoms with Crippen molar-refractivity contribution in [2.75, 3.05) is 13.2 Å². The normalized spacial score (nSPS) is 12.7. The molecule has 160 valence electrons. The summed E-state index contributed by atoms with van der Waals surface area (Å²) in [6.07, 6.45) is 20.6. The minimum absolute atomic E-state index is 0.328. The van der Waals surface area contributed by atoms with E-state index < -0.39 is 18.6 Å². The number of carboxylic acids is 1. The Balaban J connectivity index is 3.35. The van der Waals surface area contributed by atoms with Crippen LogP contribution in [0.2, 0.25) is 0 Å². The second kappa shape index (κ2) is 20.2. The van der Waals surface area contributed by atoms with Crippen LogP contribution in [-0.4, -0.2) is 40.0 Å². The van der Waals surface area contributed by atoms with Crippen LogP contribution in [0.4, 0.5) is 0 Å². The Labute approximate surface area is 168 Å². The van der Waals surface area contributed by atoms with Gasteiger partial charge in [0, 0.05) is 6.54 Å². The molecule has 2 N–H and O–H groups in total. The maximum absolute atomic E-state index is 11.0. The predicted molar refractivity (Wildman–Crippen MR) is 112 cm³/mol. The number of hydrogen-bond donors (Lipinski definition) is 2. The second-order valence-corrected chi connectivity index (χ2v) is 8.26. The molecule has 0 aromatic rings. The minimum atomic E-state index is -1.13. The van der Waals surface area contributed by atoms with Crippen LogP contribution in [0.1, 0.15) is 110 Å². The van der Waals surface area contributed by atoms with Crippen molar-refractivity contribution in [3.8, 4) is 0 Å². The van der Waals surface area contributed by atoms with E-state index in [2.05, 4.69) is 6.92 Å². The molecule has 0 radical (unpaired) electrons. The Morgan fingerprint density at radius 3 is 1.44 bits per heavy atom. The fourth-order valence-electron chi connectivity index (χ4n) is 3.38. The lowest BCUT2D eigenvalue weighted by molar-refractivity contribution is -0.142. The maximum atomic E-state index is 11.0.